The minimum absolute atomic E-state index is 0.107. The molecule has 7 nitrogen and oxygen atoms in total. The quantitative estimate of drug-likeness (QED) is 0.289. The first-order valence-corrected chi connectivity index (χ1v) is 12.1. The Morgan fingerprint density at radius 3 is 2.65 bits per heavy atom. The van der Waals surface area contributed by atoms with E-state index in [-0.39, 0.29) is 11.7 Å². The molecule has 1 heterocycles. The van der Waals surface area contributed by atoms with E-state index in [1.165, 1.54) is 36.6 Å². The molecule has 1 saturated heterocycles. The number of piperidine rings is 1. The zero-order valence-electron chi connectivity index (χ0n) is 18.6. The van der Waals surface area contributed by atoms with Crippen LogP contribution in [0.3, 0.4) is 0 Å². The molecular weight excluding hydrogens is 414 g/mol. The Labute approximate surface area is 189 Å². The molecule has 172 valence electrons. The first-order chi connectivity index (χ1) is 15.1. The SMILES string of the molecule is CCOC(=O)NCCSCC(=O)NC(/C=C(/C)CN1CCCCC1)Oc1ccccc1. The molecule has 2 rings (SSSR count). The molecule has 0 bridgehead atoms. The second kappa shape index (κ2) is 14.8. The van der Waals surface area contributed by atoms with E-state index in [1.54, 1.807) is 6.92 Å². The van der Waals surface area contributed by atoms with Gasteiger partial charge in [-0.05, 0) is 58.0 Å². The van der Waals surface area contributed by atoms with Crippen molar-refractivity contribution >= 4 is 23.8 Å². The van der Waals surface area contributed by atoms with Gasteiger partial charge in [-0.15, -0.1) is 0 Å². The molecular formula is C23H35N3O4S. The van der Waals surface area contributed by atoms with Crippen LogP contribution in [0.15, 0.2) is 42.0 Å². The highest BCUT2D eigenvalue weighted by Gasteiger charge is 2.15. The number of likely N-dealkylation sites (tertiary alicyclic amines) is 1. The molecule has 0 spiro atoms. The van der Waals surface area contributed by atoms with Gasteiger partial charge in [-0.1, -0.05) is 30.2 Å². The number of thioether (sulfide) groups is 1. The Morgan fingerprint density at radius 1 is 1.19 bits per heavy atom. The van der Waals surface area contributed by atoms with E-state index in [2.05, 4.69) is 22.5 Å². The summed E-state index contributed by atoms with van der Waals surface area (Å²) in [5.74, 6) is 1.52. The number of rotatable bonds is 12. The monoisotopic (exact) mass is 449 g/mol. The molecule has 1 aromatic carbocycles. The fourth-order valence-electron chi connectivity index (χ4n) is 3.30. The third kappa shape index (κ3) is 11.1. The van der Waals surface area contributed by atoms with Gasteiger partial charge in [0.25, 0.3) is 0 Å². The molecule has 0 radical (unpaired) electrons. The number of ether oxygens (including phenoxy) is 2. The average Bonchev–Trinajstić information content (AvgIpc) is 2.75. The lowest BCUT2D eigenvalue weighted by Gasteiger charge is -2.27. The Kier molecular flexibility index (Phi) is 11.9. The minimum Gasteiger partial charge on any atom is -0.467 e. The second-order valence-electron chi connectivity index (χ2n) is 7.47. The van der Waals surface area contributed by atoms with Gasteiger partial charge in [0, 0.05) is 18.8 Å². The number of alkyl carbamates (subject to hydrolysis) is 1. The summed E-state index contributed by atoms with van der Waals surface area (Å²) in [6.45, 7) is 7.77. The van der Waals surface area contributed by atoms with Crippen LogP contribution < -0.4 is 15.4 Å². The predicted octanol–water partition coefficient (Wildman–Crippen LogP) is 3.42. The number of nitrogens with one attached hydrogen (secondary N) is 2. The number of carbonyl (C=O) groups is 2. The fourth-order valence-corrected chi connectivity index (χ4v) is 3.96. The third-order valence-electron chi connectivity index (χ3n) is 4.69. The maximum atomic E-state index is 12.5. The van der Waals surface area contributed by atoms with Gasteiger partial charge in [-0.3, -0.25) is 9.69 Å². The summed E-state index contributed by atoms with van der Waals surface area (Å²) in [6, 6.07) is 9.50. The first kappa shape index (κ1) is 25.1. The van der Waals surface area contributed by atoms with Crippen LogP contribution >= 0.6 is 11.8 Å². The summed E-state index contributed by atoms with van der Waals surface area (Å²) in [4.78, 5) is 26.2. The van der Waals surface area contributed by atoms with E-state index in [0.29, 0.717) is 24.7 Å². The van der Waals surface area contributed by atoms with Crippen molar-refractivity contribution < 1.29 is 19.1 Å². The molecule has 2 N–H and O–H groups in total. The predicted molar refractivity (Wildman–Crippen MR) is 125 cm³/mol. The van der Waals surface area contributed by atoms with Gasteiger partial charge >= 0.3 is 6.09 Å². The molecule has 1 unspecified atom stereocenters. The van der Waals surface area contributed by atoms with E-state index < -0.39 is 12.3 Å². The fraction of sp³-hybridized carbons (Fsp3) is 0.565. The maximum Gasteiger partial charge on any atom is 0.407 e. The van der Waals surface area contributed by atoms with E-state index >= 15 is 0 Å². The summed E-state index contributed by atoms with van der Waals surface area (Å²) in [6.07, 6.45) is 4.83. The van der Waals surface area contributed by atoms with E-state index in [4.69, 9.17) is 9.47 Å². The highest BCUT2D eigenvalue weighted by Crippen LogP contribution is 2.14. The Bertz CT molecular complexity index is 693. The summed E-state index contributed by atoms with van der Waals surface area (Å²) >= 11 is 1.45. The minimum atomic E-state index is -0.530. The lowest BCUT2D eigenvalue weighted by molar-refractivity contribution is -0.120. The Morgan fingerprint density at radius 2 is 1.94 bits per heavy atom. The normalized spacial score (nSPS) is 15.7. The van der Waals surface area contributed by atoms with Gasteiger partial charge in [-0.2, -0.15) is 11.8 Å². The largest absolute Gasteiger partial charge is 0.467 e. The summed E-state index contributed by atoms with van der Waals surface area (Å²) in [7, 11) is 0. The van der Waals surface area contributed by atoms with Gasteiger partial charge in [-0.25, -0.2) is 4.79 Å². The highest BCUT2D eigenvalue weighted by molar-refractivity contribution is 7.99. The molecule has 1 aliphatic heterocycles. The molecule has 0 aliphatic carbocycles. The number of amides is 2. The smallest absolute Gasteiger partial charge is 0.407 e. The van der Waals surface area contributed by atoms with Crippen LogP contribution in [-0.2, 0) is 9.53 Å². The maximum absolute atomic E-state index is 12.5. The number of hydrogen-bond donors (Lipinski definition) is 2. The number of nitrogens with zero attached hydrogens (tertiary/aromatic N) is 1. The summed E-state index contributed by atoms with van der Waals surface area (Å²) < 4.78 is 10.8. The number of carbonyl (C=O) groups excluding carboxylic acids is 2. The van der Waals surface area contributed by atoms with E-state index in [0.717, 1.165) is 19.6 Å². The first-order valence-electron chi connectivity index (χ1n) is 11.0. The second-order valence-corrected chi connectivity index (χ2v) is 8.57. The highest BCUT2D eigenvalue weighted by atomic mass is 32.2. The third-order valence-corrected chi connectivity index (χ3v) is 5.65. The van der Waals surface area contributed by atoms with Crippen molar-refractivity contribution in [2.24, 2.45) is 0 Å². The van der Waals surface area contributed by atoms with Crippen LogP contribution in [0.4, 0.5) is 4.79 Å². The number of hydrogen-bond acceptors (Lipinski definition) is 6. The molecule has 2 amide bonds. The molecule has 31 heavy (non-hydrogen) atoms. The van der Waals surface area contributed by atoms with Gasteiger partial charge in [0.1, 0.15) is 5.75 Å². The van der Waals surface area contributed by atoms with Crippen molar-refractivity contribution in [1.29, 1.82) is 0 Å². The van der Waals surface area contributed by atoms with Crippen LogP contribution in [0.2, 0.25) is 0 Å². The topological polar surface area (TPSA) is 79.9 Å². The average molecular weight is 450 g/mol. The lowest BCUT2D eigenvalue weighted by atomic mass is 10.1. The Balaban J connectivity index is 1.83. The molecule has 8 heteroatoms. The van der Waals surface area contributed by atoms with Crippen LogP contribution in [0.25, 0.3) is 0 Å². The van der Waals surface area contributed by atoms with Crippen LogP contribution in [-0.4, -0.2) is 67.4 Å². The standard InChI is InChI=1S/C23H35N3O4S/c1-3-29-23(28)24-12-15-31-18-21(27)25-22(30-20-10-6-4-7-11-20)16-19(2)17-26-13-8-5-9-14-26/h4,6-7,10-11,16,22H,3,5,8-9,12-15,17-18H2,1-2H3,(H,24,28)(H,25,27)/b19-16-. The van der Waals surface area contributed by atoms with E-state index in [1.807, 2.05) is 36.4 Å². The van der Waals surface area contributed by atoms with Crippen molar-refractivity contribution in [2.45, 2.75) is 39.3 Å². The summed E-state index contributed by atoms with van der Waals surface area (Å²) in [5, 5.41) is 5.61. The molecule has 1 aromatic rings. The molecule has 1 aliphatic rings. The van der Waals surface area contributed by atoms with Crippen molar-refractivity contribution in [3.05, 3.63) is 42.0 Å². The Hall–Kier alpha value is -2.19. The summed E-state index contributed by atoms with van der Waals surface area (Å²) in [5.41, 5.74) is 1.18. The number of benzene rings is 1. The van der Waals surface area contributed by atoms with Crippen molar-refractivity contribution in [3.63, 3.8) is 0 Å². The van der Waals surface area contributed by atoms with Gasteiger partial charge in [0.05, 0.1) is 12.4 Å². The number of para-hydroxylation sites is 1. The van der Waals surface area contributed by atoms with Crippen LogP contribution in [0, 0.1) is 0 Å². The molecule has 0 saturated carbocycles. The van der Waals surface area contributed by atoms with Crippen molar-refractivity contribution in [3.8, 4) is 5.75 Å². The van der Waals surface area contributed by atoms with Gasteiger partial charge in [0.2, 0.25) is 5.91 Å². The van der Waals surface area contributed by atoms with Crippen molar-refractivity contribution in [1.82, 2.24) is 15.5 Å². The van der Waals surface area contributed by atoms with Gasteiger partial charge < -0.3 is 20.1 Å². The molecule has 1 atom stereocenters. The van der Waals surface area contributed by atoms with Crippen LogP contribution in [0.1, 0.15) is 33.1 Å². The zero-order chi connectivity index (χ0) is 22.3. The molecule has 0 aromatic heterocycles. The van der Waals surface area contributed by atoms with E-state index in [9.17, 15) is 9.59 Å². The molecule has 1 fully saturated rings. The van der Waals surface area contributed by atoms with Crippen LogP contribution in [0.5, 0.6) is 5.75 Å². The van der Waals surface area contributed by atoms with Gasteiger partial charge in [0.15, 0.2) is 6.23 Å². The lowest BCUT2D eigenvalue weighted by Crippen LogP contribution is -2.39. The van der Waals surface area contributed by atoms with Crippen molar-refractivity contribution in [2.75, 3.05) is 44.3 Å². The zero-order valence-corrected chi connectivity index (χ0v) is 19.4.